The molecule has 0 saturated heterocycles. The van der Waals surface area contributed by atoms with E-state index in [4.69, 9.17) is 13.9 Å². The zero-order chi connectivity index (χ0) is 26.0. The fourth-order valence-corrected chi connectivity index (χ4v) is 5.79. The number of furan rings is 1. The largest absolute Gasteiger partial charge is 0.493 e. The van der Waals surface area contributed by atoms with Gasteiger partial charge in [-0.1, -0.05) is 44.6 Å². The van der Waals surface area contributed by atoms with Crippen LogP contribution in [0.25, 0.3) is 0 Å². The number of carbonyl (C=O) groups excluding carboxylic acids is 2. The summed E-state index contributed by atoms with van der Waals surface area (Å²) in [5.41, 5.74) is 1.05. The number of methoxy groups -OCH3 is 2. The molecule has 1 aromatic heterocycles. The van der Waals surface area contributed by atoms with Crippen molar-refractivity contribution in [1.82, 2.24) is 9.80 Å². The minimum absolute atomic E-state index is 0.0217. The average molecular weight is 511 g/mol. The number of hydrogen-bond donors (Lipinski definition) is 0. The SMILES string of the molecule is COc1ccc(CCN(Cc2ccco2)C(=O)CN(C(=O)C2CCCCC2)C2CCCCC2)cc1OC. The third kappa shape index (κ3) is 7.30. The van der Waals surface area contributed by atoms with Crippen LogP contribution in [0.4, 0.5) is 0 Å². The van der Waals surface area contributed by atoms with Gasteiger partial charge in [0.15, 0.2) is 11.5 Å². The van der Waals surface area contributed by atoms with Crippen molar-refractivity contribution in [2.45, 2.75) is 83.2 Å². The molecule has 202 valence electrons. The molecular formula is C30H42N2O5. The first-order valence-corrected chi connectivity index (χ1v) is 13.9. The van der Waals surface area contributed by atoms with Gasteiger partial charge in [-0.2, -0.15) is 0 Å². The van der Waals surface area contributed by atoms with E-state index in [1.807, 2.05) is 40.1 Å². The van der Waals surface area contributed by atoms with Crippen LogP contribution in [0.2, 0.25) is 0 Å². The van der Waals surface area contributed by atoms with Crippen LogP contribution >= 0.6 is 0 Å². The Labute approximate surface area is 221 Å². The Hall–Kier alpha value is -2.96. The first-order chi connectivity index (χ1) is 18.1. The highest BCUT2D eigenvalue weighted by molar-refractivity contribution is 5.86. The summed E-state index contributed by atoms with van der Waals surface area (Å²) in [5.74, 6) is 2.33. The van der Waals surface area contributed by atoms with Crippen LogP contribution in [-0.4, -0.2) is 55.0 Å². The Kier molecular flexibility index (Phi) is 9.92. The second-order valence-corrected chi connectivity index (χ2v) is 10.4. The van der Waals surface area contributed by atoms with E-state index in [1.54, 1.807) is 20.5 Å². The molecule has 0 spiro atoms. The topological polar surface area (TPSA) is 72.2 Å². The number of carbonyl (C=O) groups is 2. The number of ether oxygens (including phenoxy) is 2. The van der Waals surface area contributed by atoms with Crippen molar-refractivity contribution in [3.05, 3.63) is 47.9 Å². The Morgan fingerprint density at radius 3 is 2.27 bits per heavy atom. The fraction of sp³-hybridized carbons (Fsp3) is 0.600. The van der Waals surface area contributed by atoms with Gasteiger partial charge in [0.05, 0.1) is 27.0 Å². The molecule has 2 amide bonds. The quantitative estimate of drug-likeness (QED) is 0.393. The van der Waals surface area contributed by atoms with Crippen LogP contribution in [0.1, 0.15) is 75.5 Å². The zero-order valence-electron chi connectivity index (χ0n) is 22.5. The van der Waals surface area contributed by atoms with Crippen molar-refractivity contribution in [2.24, 2.45) is 5.92 Å². The number of benzene rings is 1. The van der Waals surface area contributed by atoms with E-state index in [9.17, 15) is 9.59 Å². The van der Waals surface area contributed by atoms with Crippen LogP contribution in [0.15, 0.2) is 41.0 Å². The van der Waals surface area contributed by atoms with Gasteiger partial charge in [0.2, 0.25) is 11.8 Å². The summed E-state index contributed by atoms with van der Waals surface area (Å²) >= 11 is 0. The highest BCUT2D eigenvalue weighted by Gasteiger charge is 2.33. The molecule has 37 heavy (non-hydrogen) atoms. The third-order valence-electron chi connectivity index (χ3n) is 7.96. The van der Waals surface area contributed by atoms with E-state index in [0.29, 0.717) is 31.0 Å². The Bertz CT molecular complexity index is 993. The van der Waals surface area contributed by atoms with E-state index < -0.39 is 0 Å². The second kappa shape index (κ2) is 13.5. The van der Waals surface area contributed by atoms with Crippen molar-refractivity contribution < 1.29 is 23.5 Å². The molecule has 0 bridgehead atoms. The van der Waals surface area contributed by atoms with Crippen LogP contribution in [0.5, 0.6) is 11.5 Å². The summed E-state index contributed by atoms with van der Waals surface area (Å²) in [5, 5.41) is 0. The van der Waals surface area contributed by atoms with Gasteiger partial charge in [0.1, 0.15) is 12.3 Å². The highest BCUT2D eigenvalue weighted by atomic mass is 16.5. The van der Waals surface area contributed by atoms with Gasteiger partial charge in [0.25, 0.3) is 0 Å². The summed E-state index contributed by atoms with van der Waals surface area (Å²) in [6.07, 6.45) is 13.1. The molecule has 1 aromatic carbocycles. The number of hydrogen-bond acceptors (Lipinski definition) is 5. The predicted molar refractivity (Wildman–Crippen MR) is 143 cm³/mol. The van der Waals surface area contributed by atoms with Crippen molar-refractivity contribution in [3.63, 3.8) is 0 Å². The lowest BCUT2D eigenvalue weighted by atomic mass is 9.86. The van der Waals surface area contributed by atoms with E-state index >= 15 is 0 Å². The van der Waals surface area contributed by atoms with E-state index in [-0.39, 0.29) is 30.3 Å². The molecule has 0 N–H and O–H groups in total. The third-order valence-corrected chi connectivity index (χ3v) is 7.96. The predicted octanol–water partition coefficient (Wildman–Crippen LogP) is 5.61. The number of rotatable bonds is 11. The molecular weight excluding hydrogens is 468 g/mol. The first-order valence-electron chi connectivity index (χ1n) is 13.9. The molecule has 2 aliphatic rings. The van der Waals surface area contributed by atoms with Crippen LogP contribution in [0.3, 0.4) is 0 Å². The Balaban J connectivity index is 1.49. The molecule has 7 nitrogen and oxygen atoms in total. The summed E-state index contributed by atoms with van der Waals surface area (Å²) in [4.78, 5) is 31.3. The van der Waals surface area contributed by atoms with Gasteiger partial charge >= 0.3 is 0 Å². The standard InChI is InChI=1S/C30H42N2O5/c1-35-27-16-15-23(20-28(27)36-2)17-18-31(21-26-14-9-19-37-26)29(33)22-32(25-12-7-4-8-13-25)30(34)24-10-5-3-6-11-24/h9,14-16,19-20,24-25H,3-8,10-13,17-18,21-22H2,1-2H3. The molecule has 2 saturated carbocycles. The minimum Gasteiger partial charge on any atom is -0.493 e. The maximum absolute atomic E-state index is 13.8. The van der Waals surface area contributed by atoms with E-state index in [1.165, 1.54) is 12.8 Å². The smallest absolute Gasteiger partial charge is 0.242 e. The molecule has 7 heteroatoms. The van der Waals surface area contributed by atoms with Crippen molar-refractivity contribution >= 4 is 11.8 Å². The summed E-state index contributed by atoms with van der Waals surface area (Å²) in [7, 11) is 3.24. The second-order valence-electron chi connectivity index (χ2n) is 10.4. The van der Waals surface area contributed by atoms with Gasteiger partial charge in [-0.05, 0) is 61.9 Å². The monoisotopic (exact) mass is 510 g/mol. The van der Waals surface area contributed by atoms with E-state index in [2.05, 4.69) is 0 Å². The van der Waals surface area contributed by atoms with Gasteiger partial charge in [-0.3, -0.25) is 9.59 Å². The molecule has 0 radical (unpaired) electrons. The number of nitrogens with zero attached hydrogens (tertiary/aromatic N) is 2. The maximum Gasteiger partial charge on any atom is 0.242 e. The summed E-state index contributed by atoms with van der Waals surface area (Å²) in [6.45, 7) is 1.05. The summed E-state index contributed by atoms with van der Waals surface area (Å²) in [6, 6.07) is 9.74. The highest BCUT2D eigenvalue weighted by Crippen LogP contribution is 2.30. The van der Waals surface area contributed by atoms with E-state index in [0.717, 1.165) is 62.7 Å². The minimum atomic E-state index is -0.0217. The molecule has 4 rings (SSSR count). The first kappa shape index (κ1) is 27.1. The molecule has 0 atom stereocenters. The lowest BCUT2D eigenvalue weighted by molar-refractivity contribution is -0.147. The van der Waals surface area contributed by atoms with Crippen LogP contribution < -0.4 is 9.47 Å². The van der Waals surface area contributed by atoms with Gasteiger partial charge < -0.3 is 23.7 Å². The van der Waals surface area contributed by atoms with Crippen LogP contribution in [0, 0.1) is 5.92 Å². The lowest BCUT2D eigenvalue weighted by Crippen LogP contribution is -2.50. The average Bonchev–Trinajstić information content (AvgIpc) is 3.47. The fourth-order valence-electron chi connectivity index (χ4n) is 5.79. The van der Waals surface area contributed by atoms with Gasteiger partial charge in [0, 0.05) is 18.5 Å². The summed E-state index contributed by atoms with van der Waals surface area (Å²) < 4.78 is 16.4. The Morgan fingerprint density at radius 2 is 1.62 bits per heavy atom. The molecule has 2 aliphatic carbocycles. The zero-order valence-corrected chi connectivity index (χ0v) is 22.5. The molecule has 2 aromatic rings. The molecule has 0 unspecified atom stereocenters. The Morgan fingerprint density at radius 1 is 0.919 bits per heavy atom. The molecule has 1 heterocycles. The molecule has 0 aliphatic heterocycles. The maximum atomic E-state index is 13.8. The van der Waals surface area contributed by atoms with Crippen molar-refractivity contribution in [1.29, 1.82) is 0 Å². The lowest BCUT2D eigenvalue weighted by Gasteiger charge is -2.38. The number of amides is 2. The van der Waals surface area contributed by atoms with Crippen LogP contribution in [-0.2, 0) is 22.6 Å². The van der Waals surface area contributed by atoms with Crippen molar-refractivity contribution in [2.75, 3.05) is 27.3 Å². The van der Waals surface area contributed by atoms with Gasteiger partial charge in [-0.15, -0.1) is 0 Å². The van der Waals surface area contributed by atoms with Gasteiger partial charge in [-0.25, -0.2) is 0 Å². The normalized spacial score (nSPS) is 16.8. The molecule has 2 fully saturated rings. The van der Waals surface area contributed by atoms with Crippen molar-refractivity contribution in [3.8, 4) is 11.5 Å².